The van der Waals surface area contributed by atoms with Crippen molar-refractivity contribution in [2.24, 2.45) is 0 Å². The number of amides is 1. The maximum absolute atomic E-state index is 10.6. The summed E-state index contributed by atoms with van der Waals surface area (Å²) in [6.45, 7) is 0.748. The zero-order valence-electron chi connectivity index (χ0n) is 11.4. The predicted molar refractivity (Wildman–Crippen MR) is 81.4 cm³/mol. The van der Waals surface area contributed by atoms with Gasteiger partial charge in [-0.2, -0.15) is 0 Å². The summed E-state index contributed by atoms with van der Waals surface area (Å²) in [7, 11) is 0. The molecular weight excluding hydrogens is 266 g/mol. The number of ether oxygens (including phenoxy) is 1. The first kappa shape index (κ1) is 13.2. The Labute approximate surface area is 122 Å². The highest BCUT2D eigenvalue weighted by Gasteiger charge is 2.15. The van der Waals surface area contributed by atoms with E-state index in [4.69, 9.17) is 9.84 Å². The van der Waals surface area contributed by atoms with Crippen LogP contribution in [-0.4, -0.2) is 24.4 Å². The van der Waals surface area contributed by atoms with Crippen LogP contribution in [0, 0.1) is 0 Å². The summed E-state index contributed by atoms with van der Waals surface area (Å²) >= 11 is 0. The van der Waals surface area contributed by atoms with E-state index in [2.05, 4.69) is 5.32 Å². The van der Waals surface area contributed by atoms with Gasteiger partial charge in [-0.3, -0.25) is 0 Å². The van der Waals surface area contributed by atoms with Gasteiger partial charge in [0.1, 0.15) is 12.4 Å². The van der Waals surface area contributed by atoms with E-state index in [1.165, 1.54) is 0 Å². The second-order valence-electron chi connectivity index (χ2n) is 4.78. The fourth-order valence-electron chi connectivity index (χ4n) is 2.40. The molecule has 0 saturated heterocycles. The van der Waals surface area contributed by atoms with Gasteiger partial charge >= 0.3 is 6.09 Å². The molecule has 2 aromatic carbocycles. The lowest BCUT2D eigenvalue weighted by molar-refractivity contribution is 0.196. The van der Waals surface area contributed by atoms with E-state index in [1.54, 1.807) is 0 Å². The van der Waals surface area contributed by atoms with Crippen LogP contribution in [0.2, 0.25) is 0 Å². The molecular formula is C17H15NO3. The molecule has 0 aromatic heterocycles. The van der Waals surface area contributed by atoms with Crippen LogP contribution in [0.25, 0.3) is 16.7 Å². The predicted octanol–water partition coefficient (Wildman–Crippen LogP) is 3.40. The first-order valence-electron chi connectivity index (χ1n) is 6.72. The Morgan fingerprint density at radius 3 is 2.71 bits per heavy atom. The number of rotatable bonds is 3. The minimum atomic E-state index is -1.02. The van der Waals surface area contributed by atoms with E-state index in [9.17, 15) is 4.79 Å². The molecule has 1 aliphatic heterocycles. The third-order valence-electron chi connectivity index (χ3n) is 3.43. The number of benzene rings is 2. The monoisotopic (exact) mass is 281 g/mol. The van der Waals surface area contributed by atoms with Crippen LogP contribution < -0.4 is 10.1 Å². The highest BCUT2D eigenvalue weighted by molar-refractivity contribution is 5.79. The third-order valence-corrected chi connectivity index (χ3v) is 3.43. The van der Waals surface area contributed by atoms with Crippen molar-refractivity contribution >= 4 is 11.7 Å². The van der Waals surface area contributed by atoms with Gasteiger partial charge in [-0.15, -0.1) is 0 Å². The number of hydrogen-bond acceptors (Lipinski definition) is 2. The van der Waals surface area contributed by atoms with Crippen LogP contribution in [0.3, 0.4) is 0 Å². The maximum Gasteiger partial charge on any atom is 0.404 e. The van der Waals surface area contributed by atoms with Crippen LogP contribution in [0.15, 0.2) is 54.6 Å². The first-order valence-corrected chi connectivity index (χ1v) is 6.72. The minimum Gasteiger partial charge on any atom is -0.489 e. The Morgan fingerprint density at radius 1 is 1.14 bits per heavy atom. The Kier molecular flexibility index (Phi) is 3.60. The zero-order valence-corrected chi connectivity index (χ0v) is 11.4. The summed E-state index contributed by atoms with van der Waals surface area (Å²) in [5.74, 6) is 0.793. The van der Waals surface area contributed by atoms with E-state index < -0.39 is 6.09 Å². The van der Waals surface area contributed by atoms with Crippen LogP contribution >= 0.6 is 0 Å². The molecule has 2 N–H and O–H groups in total. The zero-order chi connectivity index (χ0) is 14.7. The topological polar surface area (TPSA) is 58.6 Å². The summed E-state index contributed by atoms with van der Waals surface area (Å²) in [5, 5.41) is 11.1. The summed E-state index contributed by atoms with van der Waals surface area (Å²) in [4.78, 5) is 10.6. The average molecular weight is 281 g/mol. The molecule has 1 amide bonds. The van der Waals surface area contributed by atoms with Crippen LogP contribution in [0.1, 0.15) is 5.56 Å². The summed E-state index contributed by atoms with van der Waals surface area (Å²) < 4.78 is 5.67. The van der Waals surface area contributed by atoms with Crippen molar-refractivity contribution in [2.75, 3.05) is 13.2 Å². The molecule has 4 nitrogen and oxygen atoms in total. The summed E-state index contributed by atoms with van der Waals surface area (Å²) in [5.41, 5.74) is 4.10. The Bertz CT molecular complexity index is 692. The number of carboxylic acid groups (broad SMARTS) is 1. The van der Waals surface area contributed by atoms with Crippen LogP contribution in [-0.2, 0) is 0 Å². The molecule has 0 bridgehead atoms. The van der Waals surface area contributed by atoms with Gasteiger partial charge in [0.05, 0.1) is 0 Å². The smallest absolute Gasteiger partial charge is 0.404 e. The summed E-state index contributed by atoms with van der Waals surface area (Å²) in [6, 6.07) is 16.1. The molecule has 0 saturated carbocycles. The molecule has 0 spiro atoms. The lowest BCUT2D eigenvalue weighted by Gasteiger charge is -2.19. The summed E-state index contributed by atoms with van der Waals surface area (Å²) in [6.07, 6.45) is 0.880. The molecule has 0 radical (unpaired) electrons. The van der Waals surface area contributed by atoms with Gasteiger partial charge in [0.15, 0.2) is 0 Å². The molecule has 0 unspecified atom stereocenters. The van der Waals surface area contributed by atoms with Crippen molar-refractivity contribution in [2.45, 2.75) is 0 Å². The fourth-order valence-corrected chi connectivity index (χ4v) is 2.40. The van der Waals surface area contributed by atoms with Gasteiger partial charge in [-0.25, -0.2) is 4.79 Å². The van der Waals surface area contributed by atoms with Gasteiger partial charge in [-0.1, -0.05) is 42.5 Å². The van der Waals surface area contributed by atoms with Crippen molar-refractivity contribution in [3.05, 3.63) is 60.2 Å². The molecule has 1 heterocycles. The molecule has 21 heavy (non-hydrogen) atoms. The molecule has 1 aliphatic rings. The Morgan fingerprint density at radius 2 is 1.95 bits per heavy atom. The van der Waals surface area contributed by atoms with Crippen molar-refractivity contribution in [3.63, 3.8) is 0 Å². The SMILES string of the molecule is O=C(O)NCC1=CCOc2cc(-c3ccccc3)ccc21. The first-order chi connectivity index (χ1) is 10.2. The second kappa shape index (κ2) is 5.71. The third kappa shape index (κ3) is 2.89. The van der Waals surface area contributed by atoms with Crippen molar-refractivity contribution in [1.82, 2.24) is 5.32 Å². The number of hydrogen-bond donors (Lipinski definition) is 2. The molecule has 3 rings (SSSR count). The largest absolute Gasteiger partial charge is 0.489 e. The van der Waals surface area contributed by atoms with E-state index in [0.717, 1.165) is 28.0 Å². The van der Waals surface area contributed by atoms with Gasteiger partial charge < -0.3 is 15.2 Å². The van der Waals surface area contributed by atoms with E-state index >= 15 is 0 Å². The highest BCUT2D eigenvalue weighted by Crippen LogP contribution is 2.33. The van der Waals surface area contributed by atoms with Crippen molar-refractivity contribution in [3.8, 4) is 16.9 Å². The Hall–Kier alpha value is -2.75. The van der Waals surface area contributed by atoms with Gasteiger partial charge in [0.25, 0.3) is 0 Å². The average Bonchev–Trinajstić information content (AvgIpc) is 2.53. The van der Waals surface area contributed by atoms with Crippen LogP contribution in [0.4, 0.5) is 4.79 Å². The number of fused-ring (bicyclic) bond motifs is 1. The second-order valence-corrected chi connectivity index (χ2v) is 4.78. The normalized spacial score (nSPS) is 12.9. The number of carbonyl (C=O) groups is 1. The maximum atomic E-state index is 10.6. The fraction of sp³-hybridized carbons (Fsp3) is 0.118. The highest BCUT2D eigenvalue weighted by atomic mass is 16.5. The van der Waals surface area contributed by atoms with Crippen molar-refractivity contribution in [1.29, 1.82) is 0 Å². The number of nitrogens with one attached hydrogen (secondary N) is 1. The van der Waals surface area contributed by atoms with Gasteiger partial charge in [0.2, 0.25) is 0 Å². The van der Waals surface area contributed by atoms with Crippen LogP contribution in [0.5, 0.6) is 5.75 Å². The molecule has 4 heteroatoms. The van der Waals surface area contributed by atoms with Crippen molar-refractivity contribution < 1.29 is 14.6 Å². The lowest BCUT2D eigenvalue weighted by Crippen LogP contribution is -2.24. The minimum absolute atomic E-state index is 0.288. The molecule has 106 valence electrons. The standard InChI is InChI=1S/C17H15NO3/c19-17(20)18-11-14-8-9-21-16-10-13(6-7-15(14)16)12-4-2-1-3-5-12/h1-8,10,18H,9,11H2,(H,19,20). The lowest BCUT2D eigenvalue weighted by atomic mass is 9.98. The molecule has 2 aromatic rings. The van der Waals surface area contributed by atoms with E-state index in [1.807, 2.05) is 54.6 Å². The molecule has 0 atom stereocenters. The quantitative estimate of drug-likeness (QED) is 0.906. The van der Waals surface area contributed by atoms with Gasteiger partial charge in [0, 0.05) is 12.1 Å². The molecule has 0 aliphatic carbocycles. The van der Waals surface area contributed by atoms with Gasteiger partial charge in [-0.05, 0) is 28.8 Å². The van der Waals surface area contributed by atoms with E-state index in [0.29, 0.717) is 6.61 Å². The molecule has 0 fully saturated rings. The van der Waals surface area contributed by atoms with E-state index in [-0.39, 0.29) is 6.54 Å². The Balaban J connectivity index is 1.90.